The van der Waals surface area contributed by atoms with Crippen LogP contribution in [-0.4, -0.2) is 39.4 Å². The highest BCUT2D eigenvalue weighted by Crippen LogP contribution is 2.33. The molecule has 0 fully saturated rings. The van der Waals surface area contributed by atoms with Crippen molar-refractivity contribution in [1.82, 2.24) is 14.9 Å². The van der Waals surface area contributed by atoms with Gasteiger partial charge in [0.2, 0.25) is 10.0 Å². The fourth-order valence-corrected chi connectivity index (χ4v) is 4.22. The van der Waals surface area contributed by atoms with E-state index in [0.29, 0.717) is 22.9 Å². The number of aromatic amines is 1. The van der Waals surface area contributed by atoms with Crippen LogP contribution in [0.4, 0.5) is 0 Å². The number of aromatic nitrogens is 2. The standard InChI is InChI=1S/C17H25N3O4S/c1-11-16(12(2)20-19-11)25(21,22)18-10-17(3,4)13-7-8-14(23-5)15(9-13)24-6/h7-9,18H,10H2,1-6H3,(H,19,20). The van der Waals surface area contributed by atoms with Gasteiger partial charge in [-0.1, -0.05) is 19.9 Å². The maximum Gasteiger partial charge on any atom is 0.244 e. The van der Waals surface area contributed by atoms with Crippen molar-refractivity contribution < 1.29 is 17.9 Å². The number of methoxy groups -OCH3 is 2. The van der Waals surface area contributed by atoms with E-state index in [1.165, 1.54) is 0 Å². The van der Waals surface area contributed by atoms with Crippen LogP contribution in [0.1, 0.15) is 30.8 Å². The summed E-state index contributed by atoms with van der Waals surface area (Å²) < 4.78 is 38.5. The fourth-order valence-electron chi connectivity index (χ4n) is 2.64. The van der Waals surface area contributed by atoms with Gasteiger partial charge in [-0.15, -0.1) is 0 Å². The third-order valence-electron chi connectivity index (χ3n) is 4.20. The first kappa shape index (κ1) is 19.3. The molecule has 138 valence electrons. The lowest BCUT2D eigenvalue weighted by molar-refractivity contribution is 0.353. The highest BCUT2D eigenvalue weighted by Gasteiger charge is 2.28. The minimum Gasteiger partial charge on any atom is -0.493 e. The molecule has 8 heteroatoms. The number of aryl methyl sites for hydroxylation is 2. The quantitative estimate of drug-likeness (QED) is 0.783. The van der Waals surface area contributed by atoms with E-state index in [1.54, 1.807) is 28.1 Å². The molecule has 0 radical (unpaired) electrons. The van der Waals surface area contributed by atoms with E-state index in [0.717, 1.165) is 5.56 Å². The van der Waals surface area contributed by atoms with Crippen LogP contribution in [-0.2, 0) is 15.4 Å². The number of benzene rings is 1. The monoisotopic (exact) mass is 367 g/mol. The molecule has 2 N–H and O–H groups in total. The Hall–Kier alpha value is -2.06. The number of nitrogens with one attached hydrogen (secondary N) is 2. The second-order valence-corrected chi connectivity index (χ2v) is 8.25. The number of H-pyrrole nitrogens is 1. The third kappa shape index (κ3) is 3.96. The topological polar surface area (TPSA) is 93.3 Å². The zero-order chi connectivity index (χ0) is 18.8. The molecular formula is C17H25N3O4S. The molecule has 0 atom stereocenters. The molecule has 1 aromatic heterocycles. The van der Waals surface area contributed by atoms with Gasteiger partial charge >= 0.3 is 0 Å². The largest absolute Gasteiger partial charge is 0.493 e. The SMILES string of the molecule is COc1ccc(C(C)(C)CNS(=O)(=O)c2c(C)n[nH]c2C)cc1OC. The van der Waals surface area contributed by atoms with Gasteiger partial charge in [0.1, 0.15) is 4.90 Å². The summed E-state index contributed by atoms with van der Waals surface area (Å²) in [6, 6.07) is 5.58. The summed E-state index contributed by atoms with van der Waals surface area (Å²) in [5, 5.41) is 6.65. The summed E-state index contributed by atoms with van der Waals surface area (Å²) in [4.78, 5) is 0.204. The van der Waals surface area contributed by atoms with Crippen LogP contribution < -0.4 is 14.2 Å². The van der Waals surface area contributed by atoms with Gasteiger partial charge < -0.3 is 9.47 Å². The Bertz CT molecular complexity index is 837. The maximum absolute atomic E-state index is 12.6. The lowest BCUT2D eigenvalue weighted by Crippen LogP contribution is -2.37. The number of nitrogens with zero attached hydrogens (tertiary/aromatic N) is 1. The summed E-state index contributed by atoms with van der Waals surface area (Å²) >= 11 is 0. The Morgan fingerprint density at radius 2 is 1.80 bits per heavy atom. The molecule has 0 bridgehead atoms. The van der Waals surface area contributed by atoms with E-state index in [-0.39, 0.29) is 11.4 Å². The first-order valence-electron chi connectivity index (χ1n) is 7.86. The average Bonchev–Trinajstić information content (AvgIpc) is 2.92. The molecule has 1 aromatic carbocycles. The van der Waals surface area contributed by atoms with Crippen molar-refractivity contribution in [3.63, 3.8) is 0 Å². The zero-order valence-corrected chi connectivity index (χ0v) is 16.2. The molecule has 0 aliphatic rings. The van der Waals surface area contributed by atoms with Gasteiger partial charge in [0.25, 0.3) is 0 Å². The van der Waals surface area contributed by atoms with Gasteiger partial charge in [0.15, 0.2) is 11.5 Å². The molecule has 2 aromatic rings. The number of ether oxygens (including phenoxy) is 2. The summed E-state index contributed by atoms with van der Waals surface area (Å²) in [5.41, 5.74) is 1.47. The summed E-state index contributed by atoms with van der Waals surface area (Å²) in [6.45, 7) is 7.51. The molecule has 0 unspecified atom stereocenters. The minimum atomic E-state index is -3.65. The van der Waals surface area contributed by atoms with Gasteiger partial charge in [0.05, 0.1) is 25.6 Å². The number of rotatable bonds is 7. The van der Waals surface area contributed by atoms with E-state index in [9.17, 15) is 8.42 Å². The minimum absolute atomic E-state index is 0.204. The van der Waals surface area contributed by atoms with Crippen molar-refractivity contribution in [2.24, 2.45) is 0 Å². The molecule has 0 aliphatic heterocycles. The first-order valence-corrected chi connectivity index (χ1v) is 9.34. The Kier molecular flexibility index (Phi) is 5.43. The van der Waals surface area contributed by atoms with E-state index in [1.807, 2.05) is 32.0 Å². The molecular weight excluding hydrogens is 342 g/mol. The van der Waals surface area contributed by atoms with Crippen molar-refractivity contribution in [3.05, 3.63) is 35.2 Å². The van der Waals surface area contributed by atoms with Crippen molar-refractivity contribution in [1.29, 1.82) is 0 Å². The highest BCUT2D eigenvalue weighted by molar-refractivity contribution is 7.89. The van der Waals surface area contributed by atoms with Crippen molar-refractivity contribution in [2.45, 2.75) is 38.0 Å². The van der Waals surface area contributed by atoms with Crippen LogP contribution in [0.3, 0.4) is 0 Å². The van der Waals surface area contributed by atoms with Gasteiger partial charge in [0, 0.05) is 12.0 Å². The lowest BCUT2D eigenvalue weighted by atomic mass is 9.85. The van der Waals surface area contributed by atoms with Crippen LogP contribution in [0.25, 0.3) is 0 Å². The predicted molar refractivity (Wildman–Crippen MR) is 95.8 cm³/mol. The number of hydrogen-bond donors (Lipinski definition) is 2. The van der Waals surface area contributed by atoms with Crippen LogP contribution in [0, 0.1) is 13.8 Å². The normalized spacial score (nSPS) is 12.2. The molecule has 0 amide bonds. The van der Waals surface area contributed by atoms with Crippen LogP contribution in [0.2, 0.25) is 0 Å². The maximum atomic E-state index is 12.6. The average molecular weight is 367 g/mol. The number of hydrogen-bond acceptors (Lipinski definition) is 5. The summed E-state index contributed by atoms with van der Waals surface area (Å²) in [7, 11) is -0.501. The molecule has 2 rings (SSSR count). The molecule has 1 heterocycles. The molecule has 0 saturated carbocycles. The summed E-state index contributed by atoms with van der Waals surface area (Å²) in [5.74, 6) is 1.24. The van der Waals surface area contributed by atoms with Crippen molar-refractivity contribution >= 4 is 10.0 Å². The lowest BCUT2D eigenvalue weighted by Gasteiger charge is -2.26. The van der Waals surface area contributed by atoms with Crippen LogP contribution in [0.5, 0.6) is 11.5 Å². The van der Waals surface area contributed by atoms with E-state index < -0.39 is 15.4 Å². The Morgan fingerprint density at radius 1 is 1.16 bits per heavy atom. The second-order valence-electron chi connectivity index (χ2n) is 6.54. The Labute approximate surface area is 148 Å². The van der Waals surface area contributed by atoms with E-state index in [2.05, 4.69) is 14.9 Å². The first-order chi connectivity index (χ1) is 11.6. The third-order valence-corrected chi connectivity index (χ3v) is 5.86. The molecule has 0 spiro atoms. The number of sulfonamides is 1. The predicted octanol–water partition coefficient (Wildman–Crippen LogP) is 2.30. The Morgan fingerprint density at radius 3 is 2.32 bits per heavy atom. The molecule has 25 heavy (non-hydrogen) atoms. The zero-order valence-electron chi connectivity index (χ0n) is 15.4. The fraction of sp³-hybridized carbons (Fsp3) is 0.471. The van der Waals surface area contributed by atoms with Crippen LogP contribution >= 0.6 is 0 Å². The van der Waals surface area contributed by atoms with Crippen molar-refractivity contribution in [3.8, 4) is 11.5 Å². The summed E-state index contributed by atoms with van der Waals surface area (Å²) in [6.07, 6.45) is 0. The van der Waals surface area contributed by atoms with E-state index >= 15 is 0 Å². The molecule has 0 aliphatic carbocycles. The van der Waals surface area contributed by atoms with Crippen molar-refractivity contribution in [2.75, 3.05) is 20.8 Å². The molecule has 0 saturated heterocycles. The van der Waals surface area contributed by atoms with Crippen LogP contribution in [0.15, 0.2) is 23.1 Å². The highest BCUT2D eigenvalue weighted by atomic mass is 32.2. The Balaban J connectivity index is 2.24. The van der Waals surface area contributed by atoms with Gasteiger partial charge in [-0.2, -0.15) is 5.10 Å². The second kappa shape index (κ2) is 7.05. The van der Waals surface area contributed by atoms with Gasteiger partial charge in [-0.25, -0.2) is 13.1 Å². The van der Waals surface area contributed by atoms with Gasteiger partial charge in [-0.3, -0.25) is 5.10 Å². The van der Waals surface area contributed by atoms with Gasteiger partial charge in [-0.05, 0) is 31.5 Å². The molecule has 7 nitrogen and oxygen atoms in total. The van der Waals surface area contributed by atoms with E-state index in [4.69, 9.17) is 9.47 Å². The smallest absolute Gasteiger partial charge is 0.244 e.